The molecule has 2 saturated heterocycles. The van der Waals surface area contributed by atoms with Crippen LogP contribution in [0.1, 0.15) is 19.3 Å². The maximum atomic E-state index is 14.1. The molecule has 2 aliphatic heterocycles. The Kier molecular flexibility index (Phi) is 3.28. The van der Waals surface area contributed by atoms with Crippen molar-refractivity contribution < 1.29 is 14.0 Å². The van der Waals surface area contributed by atoms with Gasteiger partial charge in [-0.2, -0.15) is 5.10 Å². The second-order valence-corrected chi connectivity index (χ2v) is 6.15. The Morgan fingerprint density at radius 3 is 2.87 bits per heavy atom. The summed E-state index contributed by atoms with van der Waals surface area (Å²) in [6, 6.07) is 4.64. The van der Waals surface area contributed by atoms with Crippen LogP contribution in [0.2, 0.25) is 0 Å². The molecular formula is C16H17FN4O2. The molecule has 0 bridgehead atoms. The monoisotopic (exact) mass is 316 g/mol. The van der Waals surface area contributed by atoms with Crippen LogP contribution in [-0.4, -0.2) is 46.5 Å². The number of hydrogen-bond donors (Lipinski definition) is 1. The number of aromatic nitrogens is 2. The largest absolute Gasteiger partial charge is 0.342 e. The topological polar surface area (TPSA) is 69.3 Å². The summed E-state index contributed by atoms with van der Waals surface area (Å²) in [7, 11) is 0. The third kappa shape index (κ3) is 2.27. The Balaban J connectivity index is 1.62. The number of hydrogen-bond acceptors (Lipinski definition) is 3. The number of carbonyl (C=O) groups excluding carboxylic acids is 2. The van der Waals surface area contributed by atoms with Gasteiger partial charge in [0.25, 0.3) is 0 Å². The van der Waals surface area contributed by atoms with Crippen molar-refractivity contribution in [1.29, 1.82) is 0 Å². The quantitative estimate of drug-likeness (QED) is 0.916. The summed E-state index contributed by atoms with van der Waals surface area (Å²) in [6.07, 6.45) is 2.20. The summed E-state index contributed by atoms with van der Waals surface area (Å²) >= 11 is 0. The number of halogens is 1. The summed E-state index contributed by atoms with van der Waals surface area (Å²) in [5.74, 6) is -0.662. The van der Waals surface area contributed by atoms with Gasteiger partial charge in [0, 0.05) is 26.1 Å². The molecule has 2 fully saturated rings. The maximum Gasteiger partial charge on any atom is 0.229 e. The molecule has 1 N–H and O–H groups in total. The van der Waals surface area contributed by atoms with E-state index in [0.29, 0.717) is 10.9 Å². The third-order valence-electron chi connectivity index (χ3n) is 4.67. The van der Waals surface area contributed by atoms with Gasteiger partial charge in [-0.1, -0.05) is 6.07 Å². The van der Waals surface area contributed by atoms with Gasteiger partial charge in [-0.25, -0.2) is 4.39 Å². The zero-order chi connectivity index (χ0) is 16.0. The fourth-order valence-corrected chi connectivity index (χ4v) is 3.48. The highest BCUT2D eigenvalue weighted by Gasteiger charge is 2.39. The number of fused-ring (bicyclic) bond motifs is 1. The summed E-state index contributed by atoms with van der Waals surface area (Å²) in [5.41, 5.74) is 0.544. The number of likely N-dealkylation sites (tertiary alicyclic amines) is 1. The number of aromatic amines is 1. The zero-order valence-electron chi connectivity index (χ0n) is 12.6. The number of rotatable bonds is 2. The molecule has 2 amide bonds. The number of amides is 2. The summed E-state index contributed by atoms with van der Waals surface area (Å²) in [6.45, 7) is 1.80. The molecule has 1 atom stereocenters. The van der Waals surface area contributed by atoms with E-state index >= 15 is 0 Å². The van der Waals surface area contributed by atoms with E-state index in [4.69, 9.17) is 0 Å². The SMILES string of the molecule is O=C([C@H]1CC(=O)N(c2n[nH]c3cccc(F)c23)C1)N1CCCC1. The van der Waals surface area contributed by atoms with Crippen LogP contribution in [0, 0.1) is 11.7 Å². The van der Waals surface area contributed by atoms with E-state index in [1.54, 1.807) is 12.1 Å². The van der Waals surface area contributed by atoms with Crippen molar-refractivity contribution in [2.45, 2.75) is 19.3 Å². The lowest BCUT2D eigenvalue weighted by atomic mass is 10.1. The minimum absolute atomic E-state index is 0.0265. The van der Waals surface area contributed by atoms with Crippen LogP contribution in [0.5, 0.6) is 0 Å². The molecule has 0 saturated carbocycles. The molecule has 4 rings (SSSR count). The summed E-state index contributed by atoms with van der Waals surface area (Å²) in [5, 5.41) is 7.14. The first-order chi connectivity index (χ1) is 11.1. The third-order valence-corrected chi connectivity index (χ3v) is 4.67. The lowest BCUT2D eigenvalue weighted by molar-refractivity contribution is -0.134. The zero-order valence-corrected chi connectivity index (χ0v) is 12.6. The first kappa shape index (κ1) is 14.2. The molecule has 1 aromatic heterocycles. The Hall–Kier alpha value is -2.44. The number of nitrogens with zero attached hydrogens (tertiary/aromatic N) is 3. The van der Waals surface area contributed by atoms with Crippen LogP contribution in [-0.2, 0) is 9.59 Å². The van der Waals surface area contributed by atoms with Crippen LogP contribution in [0.25, 0.3) is 10.9 Å². The van der Waals surface area contributed by atoms with Crippen LogP contribution >= 0.6 is 0 Å². The molecule has 0 spiro atoms. The van der Waals surface area contributed by atoms with Gasteiger partial charge in [-0.3, -0.25) is 19.6 Å². The van der Waals surface area contributed by atoms with Crippen molar-refractivity contribution >= 4 is 28.5 Å². The van der Waals surface area contributed by atoms with E-state index in [1.807, 2.05) is 4.90 Å². The number of carbonyl (C=O) groups is 2. The van der Waals surface area contributed by atoms with Crippen molar-refractivity contribution in [2.75, 3.05) is 24.5 Å². The van der Waals surface area contributed by atoms with Crippen molar-refractivity contribution in [2.24, 2.45) is 5.92 Å². The van der Waals surface area contributed by atoms with Gasteiger partial charge >= 0.3 is 0 Å². The van der Waals surface area contributed by atoms with Gasteiger partial charge in [0.05, 0.1) is 16.8 Å². The van der Waals surface area contributed by atoms with Gasteiger partial charge in [-0.05, 0) is 25.0 Å². The first-order valence-corrected chi connectivity index (χ1v) is 7.87. The fourth-order valence-electron chi connectivity index (χ4n) is 3.48. The molecule has 7 heteroatoms. The van der Waals surface area contributed by atoms with E-state index < -0.39 is 5.82 Å². The Labute approximate surface area is 132 Å². The molecule has 0 unspecified atom stereocenters. The molecule has 3 heterocycles. The summed E-state index contributed by atoms with van der Waals surface area (Å²) in [4.78, 5) is 28.1. The second-order valence-electron chi connectivity index (χ2n) is 6.15. The maximum absolute atomic E-state index is 14.1. The van der Waals surface area contributed by atoms with Crippen LogP contribution < -0.4 is 4.90 Å². The van der Waals surface area contributed by atoms with Crippen molar-refractivity contribution in [3.8, 4) is 0 Å². The molecule has 1 aromatic carbocycles. The number of H-pyrrole nitrogens is 1. The normalized spacial score (nSPS) is 21.6. The number of nitrogens with one attached hydrogen (secondary N) is 1. The molecule has 0 radical (unpaired) electrons. The molecule has 6 nitrogen and oxygen atoms in total. The fraction of sp³-hybridized carbons (Fsp3) is 0.438. The highest BCUT2D eigenvalue weighted by molar-refractivity contribution is 6.05. The predicted octanol–water partition coefficient (Wildman–Crippen LogP) is 1.68. The minimum Gasteiger partial charge on any atom is -0.342 e. The van der Waals surface area contributed by atoms with Crippen LogP contribution in [0.4, 0.5) is 10.2 Å². The Bertz CT molecular complexity index is 781. The van der Waals surface area contributed by atoms with Crippen molar-refractivity contribution in [3.63, 3.8) is 0 Å². The molecule has 2 aliphatic rings. The molecule has 0 aliphatic carbocycles. The highest BCUT2D eigenvalue weighted by Crippen LogP contribution is 2.32. The van der Waals surface area contributed by atoms with E-state index in [1.165, 1.54) is 11.0 Å². The molecule has 120 valence electrons. The van der Waals surface area contributed by atoms with E-state index in [9.17, 15) is 14.0 Å². The lowest BCUT2D eigenvalue weighted by Gasteiger charge is -2.19. The standard InChI is InChI=1S/C16H17FN4O2/c17-11-4-3-5-12-14(11)15(19-18-12)21-9-10(8-13(21)22)16(23)20-6-1-2-7-20/h3-5,10H,1-2,6-9H2,(H,18,19)/t10-/m0/s1. The second kappa shape index (κ2) is 5.33. The van der Waals surface area contributed by atoms with E-state index in [2.05, 4.69) is 10.2 Å². The van der Waals surface area contributed by atoms with Gasteiger partial charge in [0.1, 0.15) is 5.82 Å². The lowest BCUT2D eigenvalue weighted by Crippen LogP contribution is -2.35. The molecule has 2 aromatic rings. The van der Waals surface area contributed by atoms with Crippen LogP contribution in [0.15, 0.2) is 18.2 Å². The van der Waals surface area contributed by atoms with Crippen molar-refractivity contribution in [3.05, 3.63) is 24.0 Å². The first-order valence-electron chi connectivity index (χ1n) is 7.87. The molecular weight excluding hydrogens is 299 g/mol. The highest BCUT2D eigenvalue weighted by atomic mass is 19.1. The van der Waals surface area contributed by atoms with E-state index in [-0.39, 0.29) is 36.5 Å². The minimum atomic E-state index is -0.423. The number of benzene rings is 1. The average molecular weight is 316 g/mol. The molecule has 23 heavy (non-hydrogen) atoms. The Morgan fingerprint density at radius 1 is 1.30 bits per heavy atom. The summed E-state index contributed by atoms with van der Waals surface area (Å²) < 4.78 is 14.1. The Morgan fingerprint density at radius 2 is 2.09 bits per heavy atom. The van der Waals surface area contributed by atoms with E-state index in [0.717, 1.165) is 25.9 Å². The van der Waals surface area contributed by atoms with Crippen molar-refractivity contribution in [1.82, 2.24) is 15.1 Å². The number of anilines is 1. The predicted molar refractivity (Wildman–Crippen MR) is 82.3 cm³/mol. The average Bonchev–Trinajstić information content (AvgIpc) is 3.25. The van der Waals surface area contributed by atoms with Gasteiger partial charge in [0.2, 0.25) is 11.8 Å². The van der Waals surface area contributed by atoms with Crippen LogP contribution in [0.3, 0.4) is 0 Å². The van der Waals surface area contributed by atoms with Gasteiger partial charge in [0.15, 0.2) is 5.82 Å². The smallest absolute Gasteiger partial charge is 0.229 e. The van der Waals surface area contributed by atoms with Gasteiger partial charge < -0.3 is 4.90 Å². The van der Waals surface area contributed by atoms with Gasteiger partial charge in [-0.15, -0.1) is 0 Å².